The molecule has 0 bridgehead atoms. The van der Waals surface area contributed by atoms with E-state index in [4.69, 9.17) is 23.2 Å². The summed E-state index contributed by atoms with van der Waals surface area (Å²) in [6.07, 6.45) is 5.17. The summed E-state index contributed by atoms with van der Waals surface area (Å²) >= 11 is 12.2. The Labute approximate surface area is 125 Å². The highest BCUT2D eigenvalue weighted by Gasteiger charge is 2.11. The van der Waals surface area contributed by atoms with Gasteiger partial charge in [-0.05, 0) is 6.92 Å². The molecule has 0 aliphatic heterocycles. The molecule has 3 rings (SSSR count). The summed E-state index contributed by atoms with van der Waals surface area (Å²) in [5, 5.41) is 9.08. The van der Waals surface area contributed by atoms with E-state index >= 15 is 0 Å². The molecule has 8 heteroatoms. The van der Waals surface area contributed by atoms with E-state index < -0.39 is 0 Å². The normalized spacial score (nSPS) is 11.2. The van der Waals surface area contributed by atoms with Crippen LogP contribution in [0.1, 0.15) is 6.92 Å². The average Bonchev–Trinajstić information content (AvgIpc) is 2.93. The molecule has 0 aromatic carbocycles. The third-order valence-corrected chi connectivity index (χ3v) is 3.77. The minimum absolute atomic E-state index is 0.455. The molecule has 3 aromatic heterocycles. The van der Waals surface area contributed by atoms with Crippen LogP contribution in [0.4, 0.5) is 11.6 Å². The van der Waals surface area contributed by atoms with Gasteiger partial charge in [-0.15, -0.1) is 0 Å². The van der Waals surface area contributed by atoms with Gasteiger partial charge in [0.15, 0.2) is 0 Å². The topological polar surface area (TPSA) is 60.6 Å². The minimum atomic E-state index is 0.455. The second-order valence-corrected chi connectivity index (χ2v) is 5.06. The Bertz CT molecular complexity index is 776. The molecule has 0 amide bonds. The van der Waals surface area contributed by atoms with Crippen LogP contribution < -0.4 is 5.32 Å². The zero-order chi connectivity index (χ0) is 14.3. The van der Waals surface area contributed by atoms with Crippen molar-refractivity contribution in [1.29, 1.82) is 0 Å². The third kappa shape index (κ3) is 2.10. The highest BCUT2D eigenvalue weighted by Crippen LogP contribution is 2.27. The smallest absolute Gasteiger partial charge is 0.229 e. The monoisotopic (exact) mass is 310 g/mol. The van der Waals surface area contributed by atoms with E-state index in [1.165, 1.54) is 0 Å². The first-order chi connectivity index (χ1) is 9.60. The van der Waals surface area contributed by atoms with Crippen LogP contribution in [0.2, 0.25) is 10.2 Å². The number of anilines is 2. The molecule has 0 radical (unpaired) electrons. The van der Waals surface area contributed by atoms with Crippen LogP contribution in [0.3, 0.4) is 0 Å². The van der Waals surface area contributed by atoms with Crippen LogP contribution in [0.25, 0.3) is 11.0 Å². The van der Waals surface area contributed by atoms with E-state index in [1.807, 2.05) is 17.7 Å². The van der Waals surface area contributed by atoms with Crippen molar-refractivity contribution in [1.82, 2.24) is 24.3 Å². The van der Waals surface area contributed by atoms with Gasteiger partial charge in [-0.2, -0.15) is 10.1 Å². The summed E-state index contributed by atoms with van der Waals surface area (Å²) in [5.74, 6) is 0.455. The minimum Gasteiger partial charge on any atom is -0.331 e. The highest BCUT2D eigenvalue weighted by molar-refractivity contribution is 6.35. The Hall–Kier alpha value is -1.79. The fourth-order valence-corrected chi connectivity index (χ4v) is 2.35. The van der Waals surface area contributed by atoms with Crippen molar-refractivity contribution in [2.24, 2.45) is 7.05 Å². The first-order valence-corrected chi connectivity index (χ1v) is 6.81. The predicted octanol–water partition coefficient (Wildman–Crippen LogP) is 3.24. The van der Waals surface area contributed by atoms with Crippen molar-refractivity contribution >= 4 is 45.9 Å². The molecular formula is C12H12Cl2N6. The number of aromatic nitrogens is 5. The van der Waals surface area contributed by atoms with Gasteiger partial charge in [0.05, 0.1) is 22.3 Å². The van der Waals surface area contributed by atoms with Crippen molar-refractivity contribution in [2.75, 3.05) is 5.32 Å². The number of rotatable bonds is 3. The first-order valence-electron chi connectivity index (χ1n) is 6.06. The molecule has 104 valence electrons. The third-order valence-electron chi connectivity index (χ3n) is 3.02. The molecule has 3 heterocycles. The molecule has 0 spiro atoms. The zero-order valence-electron chi connectivity index (χ0n) is 10.9. The molecule has 0 fully saturated rings. The molecule has 0 saturated carbocycles. The molecule has 6 nitrogen and oxygen atoms in total. The number of nitrogens with zero attached hydrogens (tertiary/aromatic N) is 5. The van der Waals surface area contributed by atoms with Gasteiger partial charge in [-0.3, -0.25) is 4.68 Å². The van der Waals surface area contributed by atoms with Crippen LogP contribution in [-0.4, -0.2) is 24.3 Å². The fraction of sp³-hybridized carbons (Fsp3) is 0.250. The Kier molecular flexibility index (Phi) is 3.27. The number of aryl methyl sites for hydroxylation is 2. The summed E-state index contributed by atoms with van der Waals surface area (Å²) < 4.78 is 3.53. The van der Waals surface area contributed by atoms with E-state index in [9.17, 15) is 0 Å². The van der Waals surface area contributed by atoms with E-state index in [0.29, 0.717) is 21.8 Å². The highest BCUT2D eigenvalue weighted by atomic mass is 35.5. The van der Waals surface area contributed by atoms with Crippen LogP contribution >= 0.6 is 23.2 Å². The molecule has 1 N–H and O–H groups in total. The second kappa shape index (κ2) is 4.96. The van der Waals surface area contributed by atoms with E-state index in [0.717, 1.165) is 17.6 Å². The van der Waals surface area contributed by atoms with Gasteiger partial charge < -0.3 is 9.88 Å². The fourth-order valence-electron chi connectivity index (χ4n) is 1.96. The number of nitrogens with one attached hydrogen (secondary N) is 1. The van der Waals surface area contributed by atoms with E-state index in [2.05, 4.69) is 20.4 Å². The lowest BCUT2D eigenvalue weighted by Crippen LogP contribution is -2.00. The Morgan fingerprint density at radius 1 is 1.30 bits per heavy atom. The molecule has 3 aromatic rings. The van der Waals surface area contributed by atoms with Gasteiger partial charge in [-0.25, -0.2) is 4.98 Å². The lowest BCUT2D eigenvalue weighted by atomic mass is 10.4. The maximum atomic E-state index is 6.14. The average molecular weight is 311 g/mol. The second-order valence-electron chi connectivity index (χ2n) is 4.29. The van der Waals surface area contributed by atoms with Crippen LogP contribution in [0, 0.1) is 0 Å². The van der Waals surface area contributed by atoms with Crippen LogP contribution in [0.15, 0.2) is 18.6 Å². The van der Waals surface area contributed by atoms with Gasteiger partial charge in [0.1, 0.15) is 10.8 Å². The van der Waals surface area contributed by atoms with Gasteiger partial charge in [0.2, 0.25) is 5.95 Å². The van der Waals surface area contributed by atoms with Gasteiger partial charge in [0.25, 0.3) is 0 Å². The van der Waals surface area contributed by atoms with E-state index in [1.54, 1.807) is 24.1 Å². The number of halogens is 2. The standard InChI is InChI=1S/C12H12Cl2N6/c1-3-20-6-8(13)7-4-15-12(18-11(7)20)17-9-5-16-19(2)10(9)14/h4-6H,3H2,1-2H3,(H,15,17,18). The van der Waals surface area contributed by atoms with Crippen molar-refractivity contribution in [3.8, 4) is 0 Å². The van der Waals surface area contributed by atoms with Crippen LogP contribution in [-0.2, 0) is 13.6 Å². The Morgan fingerprint density at radius 2 is 2.10 bits per heavy atom. The summed E-state index contributed by atoms with van der Waals surface area (Å²) in [4.78, 5) is 8.72. The molecule has 20 heavy (non-hydrogen) atoms. The van der Waals surface area contributed by atoms with E-state index in [-0.39, 0.29) is 0 Å². The summed E-state index contributed by atoms with van der Waals surface area (Å²) in [7, 11) is 1.76. The molecule has 0 aliphatic rings. The van der Waals surface area contributed by atoms with Gasteiger partial charge in [-0.1, -0.05) is 23.2 Å². The van der Waals surface area contributed by atoms with Crippen molar-refractivity contribution in [3.05, 3.63) is 28.8 Å². The maximum absolute atomic E-state index is 6.14. The Morgan fingerprint density at radius 3 is 2.75 bits per heavy atom. The SMILES string of the molecule is CCn1cc(Cl)c2cnc(Nc3cnn(C)c3Cl)nc21. The summed E-state index contributed by atoms with van der Waals surface area (Å²) in [5.41, 5.74) is 1.45. The van der Waals surface area contributed by atoms with Gasteiger partial charge in [0, 0.05) is 26.0 Å². The predicted molar refractivity (Wildman–Crippen MR) is 79.7 cm³/mol. The number of hydrogen-bond acceptors (Lipinski definition) is 4. The van der Waals surface area contributed by atoms with Crippen molar-refractivity contribution in [2.45, 2.75) is 13.5 Å². The summed E-state index contributed by atoms with van der Waals surface area (Å²) in [6, 6.07) is 0. The Balaban J connectivity index is 2.02. The lowest BCUT2D eigenvalue weighted by molar-refractivity contribution is 0.769. The zero-order valence-corrected chi connectivity index (χ0v) is 12.4. The molecule has 0 saturated heterocycles. The van der Waals surface area contributed by atoms with Crippen molar-refractivity contribution in [3.63, 3.8) is 0 Å². The summed E-state index contributed by atoms with van der Waals surface area (Å²) in [6.45, 7) is 2.82. The molecule has 0 aliphatic carbocycles. The number of fused-ring (bicyclic) bond motifs is 1. The van der Waals surface area contributed by atoms with Crippen molar-refractivity contribution < 1.29 is 0 Å². The largest absolute Gasteiger partial charge is 0.331 e. The molecule has 0 unspecified atom stereocenters. The first kappa shape index (κ1) is 13.2. The van der Waals surface area contributed by atoms with Gasteiger partial charge >= 0.3 is 0 Å². The molecule has 0 atom stereocenters. The maximum Gasteiger partial charge on any atom is 0.229 e. The quantitative estimate of drug-likeness (QED) is 0.806. The van der Waals surface area contributed by atoms with Crippen LogP contribution in [0.5, 0.6) is 0 Å². The lowest BCUT2D eigenvalue weighted by Gasteiger charge is -2.04. The number of hydrogen-bond donors (Lipinski definition) is 1. The molecular weight excluding hydrogens is 299 g/mol.